The van der Waals surface area contributed by atoms with Crippen LogP contribution in [0.5, 0.6) is 0 Å². The van der Waals surface area contributed by atoms with E-state index < -0.39 is 0 Å². The molecule has 1 aliphatic carbocycles. The third-order valence-corrected chi connectivity index (χ3v) is 3.46. The molecule has 0 spiro atoms. The Morgan fingerprint density at radius 1 is 1.06 bits per heavy atom. The summed E-state index contributed by atoms with van der Waals surface area (Å²) in [6.45, 7) is 0. The Balaban J connectivity index is 1.67. The third kappa shape index (κ3) is 2.50. The van der Waals surface area contributed by atoms with Crippen LogP contribution in [0.25, 0.3) is 11.4 Å². The summed E-state index contributed by atoms with van der Waals surface area (Å²) in [4.78, 5) is 0. The molecular formula is C13H17N5. The van der Waals surface area contributed by atoms with Gasteiger partial charge in [-0.2, -0.15) is 5.21 Å². The van der Waals surface area contributed by atoms with E-state index in [0.717, 1.165) is 5.56 Å². The lowest BCUT2D eigenvalue weighted by atomic mass is 9.95. The zero-order chi connectivity index (χ0) is 12.2. The van der Waals surface area contributed by atoms with Crippen molar-refractivity contribution in [3.63, 3.8) is 0 Å². The van der Waals surface area contributed by atoms with E-state index in [2.05, 4.69) is 38.1 Å². The summed E-state index contributed by atoms with van der Waals surface area (Å²) in [7, 11) is 0. The molecule has 0 amide bonds. The SMILES string of the molecule is c1cc(-c2nn[nH]n2)ccc1NC1CCCCC1. The molecule has 1 heterocycles. The second-order valence-electron chi connectivity index (χ2n) is 4.79. The molecule has 18 heavy (non-hydrogen) atoms. The number of nitrogens with zero attached hydrogens (tertiary/aromatic N) is 3. The minimum Gasteiger partial charge on any atom is -0.382 e. The fraction of sp³-hybridized carbons (Fsp3) is 0.462. The van der Waals surface area contributed by atoms with Gasteiger partial charge in [-0.05, 0) is 42.3 Å². The molecule has 0 atom stereocenters. The molecule has 0 aliphatic heterocycles. The van der Waals surface area contributed by atoms with Crippen LogP contribution in [-0.4, -0.2) is 26.7 Å². The van der Waals surface area contributed by atoms with Gasteiger partial charge >= 0.3 is 0 Å². The van der Waals surface area contributed by atoms with E-state index in [9.17, 15) is 0 Å². The van der Waals surface area contributed by atoms with Crippen LogP contribution >= 0.6 is 0 Å². The summed E-state index contributed by atoms with van der Waals surface area (Å²) in [6.07, 6.45) is 6.64. The Morgan fingerprint density at radius 3 is 2.50 bits per heavy atom. The third-order valence-electron chi connectivity index (χ3n) is 3.46. The van der Waals surface area contributed by atoms with Crippen molar-refractivity contribution in [2.75, 3.05) is 5.32 Å². The molecule has 5 heteroatoms. The van der Waals surface area contributed by atoms with Crippen molar-refractivity contribution in [1.29, 1.82) is 0 Å². The van der Waals surface area contributed by atoms with E-state index in [0.29, 0.717) is 11.9 Å². The lowest BCUT2D eigenvalue weighted by Gasteiger charge is -2.23. The van der Waals surface area contributed by atoms with Gasteiger partial charge in [-0.1, -0.05) is 19.3 Å². The Bertz CT molecular complexity index is 471. The Morgan fingerprint density at radius 2 is 1.83 bits per heavy atom. The van der Waals surface area contributed by atoms with Gasteiger partial charge in [0, 0.05) is 17.3 Å². The predicted molar refractivity (Wildman–Crippen MR) is 70.1 cm³/mol. The maximum atomic E-state index is 3.96. The average molecular weight is 243 g/mol. The largest absolute Gasteiger partial charge is 0.382 e. The number of aromatic amines is 1. The number of nitrogens with one attached hydrogen (secondary N) is 2. The minimum absolute atomic E-state index is 0.634. The van der Waals surface area contributed by atoms with E-state index in [4.69, 9.17) is 0 Å². The first kappa shape index (κ1) is 11.2. The van der Waals surface area contributed by atoms with Crippen molar-refractivity contribution in [3.8, 4) is 11.4 Å². The maximum Gasteiger partial charge on any atom is 0.204 e. The fourth-order valence-electron chi connectivity index (χ4n) is 2.48. The second-order valence-corrected chi connectivity index (χ2v) is 4.79. The van der Waals surface area contributed by atoms with Crippen molar-refractivity contribution < 1.29 is 0 Å². The van der Waals surface area contributed by atoms with Crippen molar-refractivity contribution in [1.82, 2.24) is 20.6 Å². The minimum atomic E-state index is 0.634. The molecule has 1 aliphatic rings. The van der Waals surface area contributed by atoms with Crippen LogP contribution in [0.4, 0.5) is 5.69 Å². The molecule has 0 radical (unpaired) electrons. The first-order valence-corrected chi connectivity index (χ1v) is 6.52. The monoisotopic (exact) mass is 243 g/mol. The number of anilines is 1. The zero-order valence-corrected chi connectivity index (χ0v) is 10.3. The van der Waals surface area contributed by atoms with Crippen molar-refractivity contribution in [2.45, 2.75) is 38.1 Å². The second kappa shape index (κ2) is 5.16. The van der Waals surface area contributed by atoms with Crippen LogP contribution in [0.3, 0.4) is 0 Å². The molecule has 94 valence electrons. The number of hydrogen-bond acceptors (Lipinski definition) is 4. The predicted octanol–water partition coefficient (Wildman–Crippen LogP) is 2.61. The van der Waals surface area contributed by atoms with Crippen LogP contribution in [0.1, 0.15) is 32.1 Å². The van der Waals surface area contributed by atoms with Crippen LogP contribution in [0.2, 0.25) is 0 Å². The summed E-state index contributed by atoms with van der Waals surface area (Å²) in [5, 5.41) is 17.5. The van der Waals surface area contributed by atoms with Gasteiger partial charge in [0.2, 0.25) is 5.82 Å². The van der Waals surface area contributed by atoms with Gasteiger partial charge in [0.1, 0.15) is 0 Å². The molecule has 1 saturated carbocycles. The summed E-state index contributed by atoms with van der Waals surface area (Å²) in [5.74, 6) is 0.638. The molecule has 0 bridgehead atoms. The zero-order valence-electron chi connectivity index (χ0n) is 10.3. The normalized spacial score (nSPS) is 16.7. The van der Waals surface area contributed by atoms with E-state index in [1.165, 1.54) is 37.8 Å². The molecular weight excluding hydrogens is 226 g/mol. The number of hydrogen-bond donors (Lipinski definition) is 2. The molecule has 2 aromatic rings. The van der Waals surface area contributed by atoms with E-state index in [-0.39, 0.29) is 0 Å². The van der Waals surface area contributed by atoms with E-state index >= 15 is 0 Å². The Labute approximate surface area is 106 Å². The molecule has 1 fully saturated rings. The number of benzene rings is 1. The highest BCUT2D eigenvalue weighted by atomic mass is 15.5. The fourth-order valence-corrected chi connectivity index (χ4v) is 2.48. The molecule has 3 rings (SSSR count). The van der Waals surface area contributed by atoms with Gasteiger partial charge < -0.3 is 5.32 Å². The van der Waals surface area contributed by atoms with Gasteiger partial charge in [0.15, 0.2) is 0 Å². The van der Waals surface area contributed by atoms with Crippen LogP contribution in [0.15, 0.2) is 24.3 Å². The molecule has 2 N–H and O–H groups in total. The van der Waals surface area contributed by atoms with Gasteiger partial charge in [0.05, 0.1) is 0 Å². The van der Waals surface area contributed by atoms with Gasteiger partial charge in [-0.25, -0.2) is 0 Å². The Kier molecular flexibility index (Phi) is 3.21. The summed E-state index contributed by atoms with van der Waals surface area (Å²) >= 11 is 0. The molecule has 5 nitrogen and oxygen atoms in total. The van der Waals surface area contributed by atoms with Crippen molar-refractivity contribution >= 4 is 5.69 Å². The standard InChI is InChI=1S/C13H17N5/c1-2-4-11(5-3-1)14-12-8-6-10(7-9-12)13-15-17-18-16-13/h6-9,11,14H,1-5H2,(H,15,16,17,18). The lowest BCUT2D eigenvalue weighted by Crippen LogP contribution is -2.22. The highest BCUT2D eigenvalue weighted by molar-refractivity contribution is 5.59. The summed E-state index contributed by atoms with van der Waals surface area (Å²) < 4.78 is 0. The number of H-pyrrole nitrogens is 1. The van der Waals surface area contributed by atoms with Gasteiger partial charge in [-0.15, -0.1) is 10.2 Å². The molecule has 0 unspecified atom stereocenters. The molecule has 0 saturated heterocycles. The van der Waals surface area contributed by atoms with Crippen LogP contribution in [0, 0.1) is 0 Å². The maximum absolute atomic E-state index is 3.96. The first-order chi connectivity index (χ1) is 8.92. The van der Waals surface area contributed by atoms with E-state index in [1.54, 1.807) is 0 Å². The Hall–Kier alpha value is -1.91. The quantitative estimate of drug-likeness (QED) is 0.869. The van der Waals surface area contributed by atoms with Crippen LogP contribution in [-0.2, 0) is 0 Å². The highest BCUT2D eigenvalue weighted by Gasteiger charge is 2.12. The average Bonchev–Trinajstić information content (AvgIpc) is 2.95. The number of aromatic nitrogens is 4. The summed E-state index contributed by atoms with van der Waals surface area (Å²) in [5.41, 5.74) is 2.16. The lowest BCUT2D eigenvalue weighted by molar-refractivity contribution is 0.463. The molecule has 1 aromatic carbocycles. The molecule has 1 aromatic heterocycles. The summed E-state index contributed by atoms with van der Waals surface area (Å²) in [6, 6.07) is 8.85. The van der Waals surface area contributed by atoms with Crippen molar-refractivity contribution in [3.05, 3.63) is 24.3 Å². The topological polar surface area (TPSA) is 66.5 Å². The van der Waals surface area contributed by atoms with Crippen molar-refractivity contribution in [2.24, 2.45) is 0 Å². The first-order valence-electron chi connectivity index (χ1n) is 6.52. The van der Waals surface area contributed by atoms with Gasteiger partial charge in [0.25, 0.3) is 0 Å². The number of rotatable bonds is 3. The highest BCUT2D eigenvalue weighted by Crippen LogP contribution is 2.23. The van der Waals surface area contributed by atoms with Gasteiger partial charge in [-0.3, -0.25) is 0 Å². The van der Waals surface area contributed by atoms with Crippen LogP contribution < -0.4 is 5.32 Å². The number of tetrazole rings is 1. The van der Waals surface area contributed by atoms with E-state index in [1.807, 2.05) is 12.1 Å². The smallest absolute Gasteiger partial charge is 0.204 e.